The molecule has 0 atom stereocenters. The molecule has 4 nitrogen and oxygen atoms in total. The van der Waals surface area contributed by atoms with E-state index in [-0.39, 0.29) is 0 Å². The summed E-state index contributed by atoms with van der Waals surface area (Å²) in [6.07, 6.45) is 54.9. The van der Waals surface area contributed by atoms with Crippen LogP contribution in [0.5, 0.6) is 0 Å². The molecule has 2 aliphatic rings. The van der Waals surface area contributed by atoms with Crippen LogP contribution in [0.3, 0.4) is 0 Å². The minimum atomic E-state index is 1.08. The standard InChI is InChI=1S/C25H50N2.C20H40N2/c1-3-5-7-9-11-12-13-14-15-16-18-20-22-27-24-23-26(25-27)21-19-17-10-8-6-4-2;1-3-4-5-6-7-8-9-10-11-12-13-14-15-16-17-22-19-18-21(2)20-22/h23-24H,3-22,25H2,1-2H3;18-19H,3-17,20H2,1-2H3. The molecule has 0 N–H and O–H groups in total. The van der Waals surface area contributed by atoms with Crippen molar-refractivity contribution in [2.75, 3.05) is 40.0 Å². The summed E-state index contributed by atoms with van der Waals surface area (Å²) in [6.45, 7) is 12.8. The lowest BCUT2D eigenvalue weighted by Gasteiger charge is -2.21. The van der Waals surface area contributed by atoms with Gasteiger partial charge in [0.15, 0.2) is 0 Å². The molecular weight excluding hydrogens is 597 g/mol. The Kier molecular flexibility index (Phi) is 34.0. The lowest BCUT2D eigenvalue weighted by Crippen LogP contribution is -2.26. The van der Waals surface area contributed by atoms with Gasteiger partial charge >= 0.3 is 0 Å². The van der Waals surface area contributed by atoms with Gasteiger partial charge in [-0.05, 0) is 19.3 Å². The molecule has 49 heavy (non-hydrogen) atoms. The summed E-state index contributed by atoms with van der Waals surface area (Å²) in [5.74, 6) is 0. The van der Waals surface area contributed by atoms with Gasteiger partial charge in [-0.2, -0.15) is 0 Å². The van der Waals surface area contributed by atoms with Gasteiger partial charge in [0.25, 0.3) is 0 Å². The smallest absolute Gasteiger partial charge is 0.0893 e. The monoisotopic (exact) mass is 687 g/mol. The minimum Gasteiger partial charge on any atom is -0.362 e. The van der Waals surface area contributed by atoms with Gasteiger partial charge in [-0.3, -0.25) is 0 Å². The third-order valence-corrected chi connectivity index (χ3v) is 10.7. The molecule has 0 spiro atoms. The zero-order valence-corrected chi connectivity index (χ0v) is 34.3. The summed E-state index contributed by atoms with van der Waals surface area (Å²) in [5, 5.41) is 0. The van der Waals surface area contributed by atoms with Crippen molar-refractivity contribution < 1.29 is 0 Å². The molecule has 0 amide bonds. The highest BCUT2D eigenvalue weighted by molar-refractivity contribution is 4.90. The molecule has 2 aliphatic heterocycles. The normalized spacial score (nSPS) is 14.0. The summed E-state index contributed by atoms with van der Waals surface area (Å²) in [5.41, 5.74) is 0. The largest absolute Gasteiger partial charge is 0.362 e. The van der Waals surface area contributed by atoms with Crippen LogP contribution in [0, 0.1) is 0 Å². The molecule has 2 heterocycles. The van der Waals surface area contributed by atoms with Crippen LogP contribution in [-0.4, -0.2) is 59.6 Å². The van der Waals surface area contributed by atoms with Crippen molar-refractivity contribution in [1.29, 1.82) is 0 Å². The highest BCUT2D eigenvalue weighted by Gasteiger charge is 2.11. The van der Waals surface area contributed by atoms with E-state index in [2.05, 4.69) is 72.2 Å². The molecular formula is C45H90N4. The third kappa shape index (κ3) is 31.2. The summed E-state index contributed by atoms with van der Waals surface area (Å²) in [6, 6.07) is 0. The minimum absolute atomic E-state index is 1.08. The van der Waals surface area contributed by atoms with E-state index in [1.165, 1.54) is 225 Å². The summed E-state index contributed by atoms with van der Waals surface area (Å²) in [4.78, 5) is 9.66. The molecule has 0 aromatic heterocycles. The number of nitrogens with zero attached hydrogens (tertiary/aromatic N) is 4. The van der Waals surface area contributed by atoms with Crippen LogP contribution in [0.15, 0.2) is 24.8 Å². The first-order valence-electron chi connectivity index (χ1n) is 22.5. The van der Waals surface area contributed by atoms with E-state index in [1.807, 2.05) is 0 Å². The van der Waals surface area contributed by atoms with E-state index in [1.54, 1.807) is 0 Å². The van der Waals surface area contributed by atoms with Gasteiger partial charge in [0.1, 0.15) is 0 Å². The van der Waals surface area contributed by atoms with E-state index in [9.17, 15) is 0 Å². The van der Waals surface area contributed by atoms with Gasteiger partial charge in [-0.1, -0.05) is 207 Å². The van der Waals surface area contributed by atoms with E-state index in [4.69, 9.17) is 0 Å². The van der Waals surface area contributed by atoms with Crippen molar-refractivity contribution in [2.45, 2.75) is 226 Å². The van der Waals surface area contributed by atoms with Gasteiger partial charge < -0.3 is 19.6 Å². The van der Waals surface area contributed by atoms with Gasteiger partial charge in [-0.25, -0.2) is 0 Å². The maximum atomic E-state index is 2.51. The maximum absolute atomic E-state index is 2.51. The molecule has 0 fully saturated rings. The van der Waals surface area contributed by atoms with Crippen LogP contribution < -0.4 is 0 Å². The first kappa shape index (κ1) is 45.7. The summed E-state index contributed by atoms with van der Waals surface area (Å²) >= 11 is 0. The Morgan fingerprint density at radius 3 is 0.755 bits per heavy atom. The summed E-state index contributed by atoms with van der Waals surface area (Å²) < 4.78 is 0. The Morgan fingerprint density at radius 1 is 0.286 bits per heavy atom. The van der Waals surface area contributed by atoms with Crippen LogP contribution in [0.25, 0.3) is 0 Å². The molecule has 0 aromatic carbocycles. The Bertz CT molecular complexity index is 706. The van der Waals surface area contributed by atoms with Crippen molar-refractivity contribution in [2.24, 2.45) is 0 Å². The van der Waals surface area contributed by atoms with Gasteiger partial charge in [0, 0.05) is 51.5 Å². The molecule has 0 aromatic rings. The van der Waals surface area contributed by atoms with E-state index < -0.39 is 0 Å². The van der Waals surface area contributed by atoms with Crippen molar-refractivity contribution in [1.82, 2.24) is 19.6 Å². The lowest BCUT2D eigenvalue weighted by molar-refractivity contribution is 0.257. The maximum Gasteiger partial charge on any atom is 0.0893 e. The molecule has 0 saturated carbocycles. The van der Waals surface area contributed by atoms with E-state index in [0.717, 1.165) is 13.3 Å². The molecule has 0 saturated heterocycles. The quantitative estimate of drug-likeness (QED) is 0.0615. The Morgan fingerprint density at radius 2 is 0.510 bits per heavy atom. The van der Waals surface area contributed by atoms with E-state index >= 15 is 0 Å². The zero-order chi connectivity index (χ0) is 35.3. The Hall–Kier alpha value is -1.32. The van der Waals surface area contributed by atoms with Crippen LogP contribution in [-0.2, 0) is 0 Å². The summed E-state index contributed by atoms with van der Waals surface area (Å²) in [7, 11) is 2.14. The SMILES string of the molecule is CCCCCCCCCCCCCCCCN1C=CN(C)C1.CCCCCCCCCCCCCCN1C=CN(CCCCCCCC)C1. The van der Waals surface area contributed by atoms with Crippen LogP contribution >= 0.6 is 0 Å². The Labute approximate surface area is 309 Å². The first-order valence-corrected chi connectivity index (χ1v) is 22.5. The van der Waals surface area contributed by atoms with E-state index in [0.29, 0.717) is 0 Å². The Balaban J connectivity index is 0.000000500. The fourth-order valence-corrected chi connectivity index (χ4v) is 7.30. The van der Waals surface area contributed by atoms with Gasteiger partial charge in [0.2, 0.25) is 0 Å². The van der Waals surface area contributed by atoms with Crippen molar-refractivity contribution >= 4 is 0 Å². The number of hydrogen-bond acceptors (Lipinski definition) is 4. The highest BCUT2D eigenvalue weighted by atomic mass is 15.3. The van der Waals surface area contributed by atoms with Crippen LogP contribution in [0.4, 0.5) is 0 Å². The van der Waals surface area contributed by atoms with Gasteiger partial charge in [-0.15, -0.1) is 0 Å². The third-order valence-electron chi connectivity index (χ3n) is 10.7. The molecule has 4 heteroatoms. The lowest BCUT2D eigenvalue weighted by atomic mass is 10.0. The topological polar surface area (TPSA) is 13.0 Å². The molecule has 290 valence electrons. The highest BCUT2D eigenvalue weighted by Crippen LogP contribution is 2.16. The van der Waals surface area contributed by atoms with Gasteiger partial charge in [0.05, 0.1) is 13.3 Å². The fourth-order valence-electron chi connectivity index (χ4n) is 7.30. The second-order valence-corrected chi connectivity index (χ2v) is 15.8. The van der Waals surface area contributed by atoms with Crippen molar-refractivity contribution in [3.05, 3.63) is 24.8 Å². The number of rotatable bonds is 35. The van der Waals surface area contributed by atoms with Crippen molar-refractivity contribution in [3.63, 3.8) is 0 Å². The number of hydrogen-bond donors (Lipinski definition) is 0. The molecule has 0 bridgehead atoms. The average molecular weight is 687 g/mol. The average Bonchev–Trinajstić information content (AvgIpc) is 3.75. The van der Waals surface area contributed by atoms with Crippen LogP contribution in [0.2, 0.25) is 0 Å². The fraction of sp³-hybridized carbons (Fsp3) is 0.911. The predicted octanol–water partition coefficient (Wildman–Crippen LogP) is 14.2. The number of unbranched alkanes of at least 4 members (excludes halogenated alkanes) is 29. The molecule has 0 aliphatic carbocycles. The second kappa shape index (κ2) is 36.5. The van der Waals surface area contributed by atoms with Crippen molar-refractivity contribution in [3.8, 4) is 0 Å². The molecule has 2 rings (SSSR count). The zero-order valence-electron chi connectivity index (χ0n) is 34.3. The second-order valence-electron chi connectivity index (χ2n) is 15.8. The first-order chi connectivity index (χ1) is 24.2. The molecule has 0 unspecified atom stereocenters. The molecule has 0 radical (unpaired) electrons. The van der Waals surface area contributed by atoms with Crippen LogP contribution in [0.1, 0.15) is 226 Å². The predicted molar refractivity (Wildman–Crippen MR) is 221 cm³/mol.